The molecule has 1 saturated carbocycles. The van der Waals surface area contributed by atoms with Crippen LogP contribution in [0, 0.1) is 16.0 Å². The van der Waals surface area contributed by atoms with Crippen LogP contribution in [0.1, 0.15) is 30.0 Å². The van der Waals surface area contributed by atoms with E-state index in [1.807, 2.05) is 18.3 Å². The second-order valence-corrected chi connectivity index (χ2v) is 5.68. The number of hydrogen-bond donors (Lipinski definition) is 1. The van der Waals surface area contributed by atoms with Crippen molar-refractivity contribution in [1.82, 2.24) is 4.57 Å². The van der Waals surface area contributed by atoms with E-state index in [2.05, 4.69) is 16.8 Å². The number of rotatable bonds is 6. The summed E-state index contributed by atoms with van der Waals surface area (Å²) < 4.78 is 2.06. The van der Waals surface area contributed by atoms with Crippen molar-refractivity contribution >= 4 is 5.69 Å². The zero-order valence-electron chi connectivity index (χ0n) is 11.8. The Bertz CT molecular complexity index is 646. The minimum absolute atomic E-state index is 0.136. The lowest BCUT2D eigenvalue weighted by Gasteiger charge is -2.07. The highest BCUT2D eigenvalue weighted by atomic mass is 16.6. The quantitative estimate of drug-likeness (QED) is 0.654. The zero-order chi connectivity index (χ0) is 14.8. The maximum absolute atomic E-state index is 11.0. The summed E-state index contributed by atoms with van der Waals surface area (Å²) in [5.41, 5.74) is 8.31. The lowest BCUT2D eigenvalue weighted by Crippen LogP contribution is -2.11. The summed E-state index contributed by atoms with van der Waals surface area (Å²) in [5, 5.41) is 11.0. The van der Waals surface area contributed by atoms with Crippen LogP contribution in [0.25, 0.3) is 0 Å². The molecule has 0 amide bonds. The molecule has 5 heteroatoms. The Morgan fingerprint density at radius 1 is 1.33 bits per heavy atom. The van der Waals surface area contributed by atoms with Crippen LogP contribution in [0.3, 0.4) is 0 Å². The first-order valence-electron chi connectivity index (χ1n) is 7.28. The van der Waals surface area contributed by atoms with Gasteiger partial charge in [0.25, 0.3) is 5.69 Å². The van der Waals surface area contributed by atoms with Gasteiger partial charge in [-0.2, -0.15) is 0 Å². The van der Waals surface area contributed by atoms with Crippen LogP contribution in [-0.2, 0) is 13.0 Å². The summed E-state index contributed by atoms with van der Waals surface area (Å²) in [4.78, 5) is 10.7. The molecule has 0 spiro atoms. The maximum atomic E-state index is 11.0. The van der Waals surface area contributed by atoms with Gasteiger partial charge in [-0.15, -0.1) is 0 Å². The Morgan fingerprint density at radius 2 is 2.10 bits per heavy atom. The van der Waals surface area contributed by atoms with Gasteiger partial charge in [-0.05, 0) is 36.8 Å². The van der Waals surface area contributed by atoms with Crippen molar-refractivity contribution < 1.29 is 4.92 Å². The Labute approximate surface area is 123 Å². The zero-order valence-corrected chi connectivity index (χ0v) is 11.8. The normalized spacial score (nSPS) is 15.9. The van der Waals surface area contributed by atoms with E-state index in [0.717, 1.165) is 12.1 Å². The molecule has 0 bridgehead atoms. The first kappa shape index (κ1) is 13.8. The third-order valence-electron chi connectivity index (χ3n) is 4.12. The number of nitro groups is 1. The van der Waals surface area contributed by atoms with Gasteiger partial charge in [0, 0.05) is 36.6 Å². The van der Waals surface area contributed by atoms with Gasteiger partial charge < -0.3 is 10.3 Å². The van der Waals surface area contributed by atoms with Crippen molar-refractivity contribution in [2.45, 2.75) is 31.8 Å². The molecule has 110 valence electrons. The number of nitrogens with zero attached hydrogens (tertiary/aromatic N) is 2. The average molecular weight is 285 g/mol. The SMILES string of the molecule is NC(c1ccn(CCc2ccccc2[N+](=O)[O-])c1)C1CC1. The molecule has 1 aliphatic rings. The third kappa shape index (κ3) is 3.13. The Balaban J connectivity index is 1.66. The number of benzene rings is 1. The van der Waals surface area contributed by atoms with Crippen molar-refractivity contribution in [3.8, 4) is 0 Å². The standard InChI is InChI=1S/C16H19N3O2/c17-16(13-5-6-13)14-8-10-18(11-14)9-7-12-3-1-2-4-15(12)19(20)21/h1-4,8,10-11,13,16H,5-7,9,17H2. The maximum Gasteiger partial charge on any atom is 0.272 e. The van der Waals surface area contributed by atoms with Crippen LogP contribution in [0.15, 0.2) is 42.7 Å². The van der Waals surface area contributed by atoms with Crippen molar-refractivity contribution in [2.75, 3.05) is 0 Å². The molecule has 2 N–H and O–H groups in total. The Morgan fingerprint density at radius 3 is 2.81 bits per heavy atom. The van der Waals surface area contributed by atoms with Gasteiger partial charge >= 0.3 is 0 Å². The summed E-state index contributed by atoms with van der Waals surface area (Å²) in [6.45, 7) is 0.724. The van der Waals surface area contributed by atoms with E-state index in [1.54, 1.807) is 12.1 Å². The molecular formula is C16H19N3O2. The summed E-state index contributed by atoms with van der Waals surface area (Å²) in [7, 11) is 0. The summed E-state index contributed by atoms with van der Waals surface area (Å²) in [6.07, 6.45) is 7.17. The van der Waals surface area contributed by atoms with Gasteiger partial charge in [0.15, 0.2) is 0 Å². The fourth-order valence-corrected chi connectivity index (χ4v) is 2.67. The van der Waals surface area contributed by atoms with Crippen molar-refractivity contribution in [2.24, 2.45) is 11.7 Å². The van der Waals surface area contributed by atoms with Crippen LogP contribution in [0.4, 0.5) is 5.69 Å². The molecule has 1 atom stereocenters. The van der Waals surface area contributed by atoms with Gasteiger partial charge in [0.2, 0.25) is 0 Å². The highest BCUT2D eigenvalue weighted by Gasteiger charge is 2.29. The highest BCUT2D eigenvalue weighted by molar-refractivity contribution is 5.39. The summed E-state index contributed by atoms with van der Waals surface area (Å²) >= 11 is 0. The molecule has 0 aliphatic heterocycles. The van der Waals surface area contributed by atoms with Gasteiger partial charge in [-0.3, -0.25) is 10.1 Å². The number of nitrogens with two attached hydrogens (primary N) is 1. The first-order chi connectivity index (χ1) is 10.1. The number of para-hydroxylation sites is 1. The van der Waals surface area contributed by atoms with Gasteiger partial charge in [-0.1, -0.05) is 18.2 Å². The summed E-state index contributed by atoms with van der Waals surface area (Å²) in [5.74, 6) is 0.635. The molecule has 1 unspecified atom stereocenters. The van der Waals surface area contributed by atoms with E-state index in [4.69, 9.17) is 5.73 Å². The fraction of sp³-hybridized carbons (Fsp3) is 0.375. The van der Waals surface area contributed by atoms with Crippen LogP contribution < -0.4 is 5.73 Å². The van der Waals surface area contributed by atoms with Crippen molar-refractivity contribution in [3.63, 3.8) is 0 Å². The average Bonchev–Trinajstić information content (AvgIpc) is 3.23. The minimum atomic E-state index is -0.320. The van der Waals surface area contributed by atoms with Crippen LogP contribution in [0.5, 0.6) is 0 Å². The number of nitro benzene ring substituents is 1. The molecule has 1 aromatic carbocycles. The van der Waals surface area contributed by atoms with Crippen LogP contribution in [-0.4, -0.2) is 9.49 Å². The molecule has 5 nitrogen and oxygen atoms in total. The fourth-order valence-electron chi connectivity index (χ4n) is 2.67. The monoisotopic (exact) mass is 285 g/mol. The van der Waals surface area contributed by atoms with Gasteiger partial charge in [0.05, 0.1) is 4.92 Å². The predicted octanol–water partition coefficient (Wildman–Crippen LogP) is 3.05. The molecule has 0 saturated heterocycles. The molecule has 1 aliphatic carbocycles. The van der Waals surface area contributed by atoms with E-state index < -0.39 is 0 Å². The number of hydrogen-bond acceptors (Lipinski definition) is 3. The summed E-state index contributed by atoms with van der Waals surface area (Å²) in [6, 6.07) is 9.11. The number of aryl methyl sites for hydroxylation is 2. The topological polar surface area (TPSA) is 74.1 Å². The van der Waals surface area contributed by atoms with E-state index >= 15 is 0 Å². The molecule has 1 aromatic heterocycles. The minimum Gasteiger partial charge on any atom is -0.354 e. The molecule has 3 rings (SSSR count). The number of aromatic nitrogens is 1. The lowest BCUT2D eigenvalue weighted by molar-refractivity contribution is -0.385. The third-order valence-corrected chi connectivity index (χ3v) is 4.12. The molecule has 1 heterocycles. The molecule has 1 fully saturated rings. The first-order valence-corrected chi connectivity index (χ1v) is 7.28. The van der Waals surface area contributed by atoms with Crippen molar-refractivity contribution in [3.05, 3.63) is 64.0 Å². The van der Waals surface area contributed by atoms with Crippen molar-refractivity contribution in [1.29, 1.82) is 0 Å². The van der Waals surface area contributed by atoms with Crippen LogP contribution >= 0.6 is 0 Å². The molecule has 21 heavy (non-hydrogen) atoms. The van der Waals surface area contributed by atoms with E-state index in [0.29, 0.717) is 12.3 Å². The van der Waals surface area contributed by atoms with Gasteiger partial charge in [0.1, 0.15) is 0 Å². The van der Waals surface area contributed by atoms with E-state index in [1.165, 1.54) is 18.4 Å². The predicted molar refractivity (Wildman–Crippen MR) is 80.9 cm³/mol. The second kappa shape index (κ2) is 5.69. The highest BCUT2D eigenvalue weighted by Crippen LogP contribution is 2.39. The largest absolute Gasteiger partial charge is 0.354 e. The van der Waals surface area contributed by atoms with E-state index in [9.17, 15) is 10.1 Å². The van der Waals surface area contributed by atoms with Gasteiger partial charge in [-0.25, -0.2) is 0 Å². The Hall–Kier alpha value is -2.14. The molecule has 2 aromatic rings. The smallest absolute Gasteiger partial charge is 0.272 e. The molecular weight excluding hydrogens is 266 g/mol. The molecule has 0 radical (unpaired) electrons. The van der Waals surface area contributed by atoms with Crippen LogP contribution in [0.2, 0.25) is 0 Å². The second-order valence-electron chi connectivity index (χ2n) is 5.68. The lowest BCUT2D eigenvalue weighted by atomic mass is 10.1. The Kier molecular flexibility index (Phi) is 3.75. The van der Waals surface area contributed by atoms with E-state index in [-0.39, 0.29) is 16.7 Å².